The van der Waals surface area contributed by atoms with Crippen molar-refractivity contribution in [1.82, 2.24) is 4.90 Å². The van der Waals surface area contributed by atoms with Gasteiger partial charge in [-0.1, -0.05) is 48.5 Å². The van der Waals surface area contributed by atoms with Crippen LogP contribution in [0, 0.1) is 16.0 Å². The smallest absolute Gasteiger partial charge is 0.269 e. The molecule has 0 unspecified atom stereocenters. The number of hydrogen-bond acceptors (Lipinski definition) is 5. The third kappa shape index (κ3) is 6.44. The fourth-order valence-corrected chi connectivity index (χ4v) is 5.65. The number of likely N-dealkylation sites (tertiary alicyclic amines) is 1. The van der Waals surface area contributed by atoms with Gasteiger partial charge in [0.25, 0.3) is 5.69 Å². The van der Waals surface area contributed by atoms with E-state index in [1.165, 1.54) is 22.6 Å². The monoisotopic (exact) mass is 462 g/mol. The highest BCUT2D eigenvalue weighted by atomic mass is 32.2. The van der Waals surface area contributed by atoms with Crippen LogP contribution in [0.4, 0.5) is 5.69 Å². The minimum Gasteiger partial charge on any atom is -0.387 e. The molecule has 1 N–H and O–H groups in total. The summed E-state index contributed by atoms with van der Waals surface area (Å²) in [4.78, 5) is 14.2. The van der Waals surface area contributed by atoms with Crippen molar-refractivity contribution in [2.75, 3.05) is 18.8 Å². The zero-order chi connectivity index (χ0) is 23.0. The van der Waals surface area contributed by atoms with E-state index in [0.29, 0.717) is 5.92 Å². The van der Waals surface area contributed by atoms with Gasteiger partial charge in [0.1, 0.15) is 0 Å². The van der Waals surface area contributed by atoms with Gasteiger partial charge in [0.05, 0.1) is 11.0 Å². The van der Waals surface area contributed by atoms with Crippen LogP contribution in [0.25, 0.3) is 0 Å². The zero-order valence-electron chi connectivity index (χ0n) is 18.6. The number of rotatable bonds is 9. The molecule has 172 valence electrons. The highest BCUT2D eigenvalue weighted by Crippen LogP contribution is 2.32. The average Bonchev–Trinajstić information content (AvgIpc) is 2.86. The van der Waals surface area contributed by atoms with Crippen LogP contribution in [0.3, 0.4) is 0 Å². The van der Waals surface area contributed by atoms with Gasteiger partial charge in [-0.15, -0.1) is 11.8 Å². The van der Waals surface area contributed by atoms with Gasteiger partial charge in [0, 0.05) is 28.8 Å². The van der Waals surface area contributed by atoms with E-state index in [1.807, 2.05) is 18.2 Å². The molecule has 0 bridgehead atoms. The predicted octanol–water partition coefficient (Wildman–Crippen LogP) is 5.74. The Balaban J connectivity index is 1.44. The number of nitrogens with zero attached hydrogens (tertiary/aromatic N) is 2. The van der Waals surface area contributed by atoms with Crippen molar-refractivity contribution >= 4 is 17.4 Å². The summed E-state index contributed by atoms with van der Waals surface area (Å²) in [7, 11) is 0. The first kappa shape index (κ1) is 23.5. The molecule has 33 heavy (non-hydrogen) atoms. The summed E-state index contributed by atoms with van der Waals surface area (Å²) in [6.07, 6.45) is 2.61. The minimum atomic E-state index is -0.701. The molecule has 1 heterocycles. The Kier molecular flexibility index (Phi) is 8.15. The molecule has 1 fully saturated rings. The molecular weight excluding hydrogens is 432 g/mol. The fourth-order valence-electron chi connectivity index (χ4n) is 4.55. The van der Waals surface area contributed by atoms with Crippen LogP contribution in [0.15, 0.2) is 89.8 Å². The normalized spacial score (nSPS) is 16.9. The summed E-state index contributed by atoms with van der Waals surface area (Å²) in [5, 5.41) is 22.3. The number of non-ortho nitro benzene ring substituents is 1. The third-order valence-corrected chi connectivity index (χ3v) is 7.57. The number of thioether (sulfide) groups is 1. The van der Waals surface area contributed by atoms with Crippen molar-refractivity contribution in [2.45, 2.75) is 36.3 Å². The molecule has 1 saturated heterocycles. The summed E-state index contributed by atoms with van der Waals surface area (Å²) >= 11 is 1.75. The summed E-state index contributed by atoms with van der Waals surface area (Å²) in [6.45, 7) is 1.89. The van der Waals surface area contributed by atoms with E-state index in [4.69, 9.17) is 0 Å². The van der Waals surface area contributed by atoms with Gasteiger partial charge in [0.15, 0.2) is 0 Å². The van der Waals surface area contributed by atoms with Crippen LogP contribution in [0.1, 0.15) is 30.1 Å². The minimum absolute atomic E-state index is 0.0443. The number of aliphatic hydroxyl groups is 1. The number of nitro groups is 1. The molecule has 1 aliphatic rings. The molecule has 2 atom stereocenters. The van der Waals surface area contributed by atoms with Crippen LogP contribution in [0.2, 0.25) is 0 Å². The van der Waals surface area contributed by atoms with E-state index < -0.39 is 11.0 Å². The van der Waals surface area contributed by atoms with E-state index in [2.05, 4.69) is 47.4 Å². The molecule has 4 rings (SSSR count). The number of nitro benzene ring substituents is 1. The van der Waals surface area contributed by atoms with Crippen LogP contribution >= 0.6 is 11.8 Å². The number of piperidine rings is 1. The Morgan fingerprint density at radius 1 is 0.939 bits per heavy atom. The average molecular weight is 463 g/mol. The van der Waals surface area contributed by atoms with Crippen molar-refractivity contribution < 1.29 is 10.0 Å². The van der Waals surface area contributed by atoms with E-state index in [9.17, 15) is 15.2 Å². The first-order chi connectivity index (χ1) is 16.1. The van der Waals surface area contributed by atoms with Crippen LogP contribution in [0.5, 0.6) is 0 Å². The number of aliphatic hydroxyl groups excluding tert-OH is 1. The van der Waals surface area contributed by atoms with Gasteiger partial charge in [-0.2, -0.15) is 0 Å². The van der Waals surface area contributed by atoms with E-state index in [1.54, 1.807) is 23.9 Å². The molecule has 1 aliphatic heterocycles. The fraction of sp³-hybridized carbons (Fsp3) is 0.333. The Hall–Kier alpha value is -2.67. The molecule has 0 aliphatic carbocycles. The van der Waals surface area contributed by atoms with E-state index in [0.717, 1.165) is 43.7 Å². The molecule has 0 amide bonds. The van der Waals surface area contributed by atoms with Gasteiger partial charge < -0.3 is 5.11 Å². The van der Waals surface area contributed by atoms with Crippen molar-refractivity contribution in [1.29, 1.82) is 0 Å². The molecule has 3 aromatic rings. The van der Waals surface area contributed by atoms with Crippen molar-refractivity contribution in [2.24, 2.45) is 5.92 Å². The second kappa shape index (κ2) is 11.5. The van der Waals surface area contributed by atoms with Gasteiger partial charge in [-0.25, -0.2) is 0 Å². The highest BCUT2D eigenvalue weighted by molar-refractivity contribution is 7.99. The zero-order valence-corrected chi connectivity index (χ0v) is 19.4. The first-order valence-electron chi connectivity index (χ1n) is 11.5. The lowest BCUT2D eigenvalue weighted by Gasteiger charge is -2.39. The molecule has 0 aromatic heterocycles. The maximum absolute atomic E-state index is 11.3. The second-order valence-electron chi connectivity index (χ2n) is 8.65. The van der Waals surface area contributed by atoms with E-state index in [-0.39, 0.29) is 11.7 Å². The van der Waals surface area contributed by atoms with Gasteiger partial charge >= 0.3 is 0 Å². The number of hydrogen-bond donors (Lipinski definition) is 1. The molecule has 5 nitrogen and oxygen atoms in total. The Morgan fingerprint density at radius 3 is 2.15 bits per heavy atom. The summed E-state index contributed by atoms with van der Waals surface area (Å²) in [5.41, 5.74) is 2.16. The lowest BCUT2D eigenvalue weighted by molar-refractivity contribution is -0.384. The van der Waals surface area contributed by atoms with Gasteiger partial charge in [-0.05, 0) is 73.7 Å². The predicted molar refractivity (Wildman–Crippen MR) is 133 cm³/mol. The lowest BCUT2D eigenvalue weighted by atomic mass is 9.89. The first-order valence-corrected chi connectivity index (χ1v) is 12.5. The molecular formula is C27H30N2O3S. The summed E-state index contributed by atoms with van der Waals surface area (Å²) < 4.78 is 0. The Bertz CT molecular complexity index is 1010. The lowest BCUT2D eigenvalue weighted by Crippen LogP contribution is -2.46. The summed E-state index contributed by atoms with van der Waals surface area (Å²) in [5.74, 6) is 1.41. The molecule has 0 spiro atoms. The van der Waals surface area contributed by atoms with Crippen LogP contribution < -0.4 is 0 Å². The SMILES string of the molecule is O=[N+]([O-])c1ccc([C@H](O)[C@H](CSc2ccccc2)N2CCC(Cc3ccccc3)CC2)cc1. The van der Waals surface area contributed by atoms with Gasteiger partial charge in [-0.3, -0.25) is 15.0 Å². The maximum atomic E-state index is 11.3. The third-order valence-electron chi connectivity index (χ3n) is 6.46. The standard InChI is InChI=1S/C27H30N2O3S/c30-27(23-11-13-24(14-12-23)29(31)32)26(20-33-25-9-5-2-6-10-25)28-17-15-22(16-18-28)19-21-7-3-1-4-8-21/h1-14,22,26-27,30H,15-20H2/t26-,27-/m0/s1. The number of benzene rings is 3. The van der Waals surface area contributed by atoms with Crippen molar-refractivity contribution in [3.8, 4) is 0 Å². The summed E-state index contributed by atoms with van der Waals surface area (Å²) in [6, 6.07) is 27.2. The Morgan fingerprint density at radius 2 is 1.55 bits per heavy atom. The Labute approximate surface area is 199 Å². The van der Waals surface area contributed by atoms with E-state index >= 15 is 0 Å². The largest absolute Gasteiger partial charge is 0.387 e. The van der Waals surface area contributed by atoms with Crippen LogP contribution in [-0.4, -0.2) is 39.8 Å². The topological polar surface area (TPSA) is 66.6 Å². The molecule has 0 saturated carbocycles. The van der Waals surface area contributed by atoms with Crippen molar-refractivity contribution in [3.05, 3.63) is 106 Å². The molecule has 6 heteroatoms. The quantitative estimate of drug-likeness (QED) is 0.249. The molecule has 3 aromatic carbocycles. The second-order valence-corrected chi connectivity index (χ2v) is 9.75. The van der Waals surface area contributed by atoms with Crippen LogP contribution in [-0.2, 0) is 6.42 Å². The highest BCUT2D eigenvalue weighted by Gasteiger charge is 2.31. The maximum Gasteiger partial charge on any atom is 0.269 e. The van der Waals surface area contributed by atoms with Gasteiger partial charge in [0.2, 0.25) is 0 Å². The van der Waals surface area contributed by atoms with Crippen molar-refractivity contribution in [3.63, 3.8) is 0 Å². The molecule has 0 radical (unpaired) electrons.